The van der Waals surface area contributed by atoms with Crippen molar-refractivity contribution in [1.82, 2.24) is 24.3 Å². The minimum absolute atomic E-state index is 0.413. The SMILES string of the molecule is Clc1cc(-c2cnc3nccn3c2)ncn1. The Morgan fingerprint density at radius 1 is 1.12 bits per heavy atom. The van der Waals surface area contributed by atoms with Gasteiger partial charge in [0.15, 0.2) is 0 Å². The van der Waals surface area contributed by atoms with Gasteiger partial charge < -0.3 is 0 Å². The number of imidazole rings is 1. The minimum atomic E-state index is 0.413. The van der Waals surface area contributed by atoms with Gasteiger partial charge in [0.25, 0.3) is 0 Å². The van der Waals surface area contributed by atoms with E-state index in [4.69, 9.17) is 11.6 Å². The molecule has 0 unspecified atom stereocenters. The maximum absolute atomic E-state index is 5.80. The van der Waals surface area contributed by atoms with Crippen LogP contribution in [0.25, 0.3) is 17.0 Å². The molecule has 78 valence electrons. The average Bonchev–Trinajstić information content (AvgIpc) is 2.75. The van der Waals surface area contributed by atoms with Crippen LogP contribution in [0.5, 0.6) is 0 Å². The summed E-state index contributed by atoms with van der Waals surface area (Å²) in [6.07, 6.45) is 8.55. The Kier molecular flexibility index (Phi) is 2.04. The molecule has 0 aliphatic rings. The number of fused-ring (bicyclic) bond motifs is 1. The van der Waals surface area contributed by atoms with E-state index in [0.717, 1.165) is 11.3 Å². The lowest BCUT2D eigenvalue weighted by Crippen LogP contribution is -1.91. The topological polar surface area (TPSA) is 56.0 Å². The zero-order valence-electron chi connectivity index (χ0n) is 8.08. The summed E-state index contributed by atoms with van der Waals surface area (Å²) in [6, 6.07) is 1.70. The monoisotopic (exact) mass is 231 g/mol. The van der Waals surface area contributed by atoms with Gasteiger partial charge in [-0.15, -0.1) is 0 Å². The van der Waals surface area contributed by atoms with Gasteiger partial charge in [-0.2, -0.15) is 0 Å². The van der Waals surface area contributed by atoms with Crippen LogP contribution >= 0.6 is 11.6 Å². The fourth-order valence-electron chi connectivity index (χ4n) is 1.44. The van der Waals surface area contributed by atoms with Crippen LogP contribution in [0.15, 0.2) is 37.2 Å². The molecule has 0 saturated carbocycles. The highest BCUT2D eigenvalue weighted by Gasteiger charge is 2.03. The van der Waals surface area contributed by atoms with Crippen LogP contribution in [-0.2, 0) is 0 Å². The summed E-state index contributed by atoms with van der Waals surface area (Å²) in [5, 5.41) is 0.413. The van der Waals surface area contributed by atoms with E-state index in [9.17, 15) is 0 Å². The lowest BCUT2D eigenvalue weighted by atomic mass is 10.2. The summed E-state index contributed by atoms with van der Waals surface area (Å²) in [7, 11) is 0. The molecular formula is C10H6ClN5. The molecule has 0 fully saturated rings. The van der Waals surface area contributed by atoms with E-state index < -0.39 is 0 Å². The van der Waals surface area contributed by atoms with E-state index in [1.54, 1.807) is 18.5 Å². The lowest BCUT2D eigenvalue weighted by Gasteiger charge is -2.00. The molecule has 5 nitrogen and oxygen atoms in total. The van der Waals surface area contributed by atoms with Crippen molar-refractivity contribution in [2.45, 2.75) is 0 Å². The Hall–Kier alpha value is -2.01. The molecule has 0 bridgehead atoms. The largest absolute Gasteiger partial charge is 0.291 e. The van der Waals surface area contributed by atoms with Crippen molar-refractivity contribution in [3.63, 3.8) is 0 Å². The molecule has 3 aromatic heterocycles. The maximum Gasteiger partial charge on any atom is 0.233 e. The Balaban J connectivity index is 2.18. The first-order valence-electron chi connectivity index (χ1n) is 4.59. The van der Waals surface area contributed by atoms with Crippen LogP contribution in [0.2, 0.25) is 5.15 Å². The highest BCUT2D eigenvalue weighted by Crippen LogP contribution is 2.17. The molecule has 3 heterocycles. The van der Waals surface area contributed by atoms with E-state index in [0.29, 0.717) is 10.9 Å². The summed E-state index contributed by atoms with van der Waals surface area (Å²) in [5.41, 5.74) is 1.61. The van der Waals surface area contributed by atoms with E-state index in [1.165, 1.54) is 6.33 Å². The molecule has 0 spiro atoms. The van der Waals surface area contributed by atoms with Crippen molar-refractivity contribution < 1.29 is 0 Å². The van der Waals surface area contributed by atoms with Crippen LogP contribution in [0.3, 0.4) is 0 Å². The summed E-state index contributed by atoms with van der Waals surface area (Å²) in [5.74, 6) is 0.656. The van der Waals surface area contributed by atoms with Crippen molar-refractivity contribution in [3.05, 3.63) is 42.3 Å². The Morgan fingerprint density at radius 2 is 2.06 bits per heavy atom. The Labute approximate surface area is 95.8 Å². The number of aromatic nitrogens is 5. The van der Waals surface area contributed by atoms with Gasteiger partial charge in [-0.05, 0) is 0 Å². The second-order valence-electron chi connectivity index (χ2n) is 3.20. The fourth-order valence-corrected chi connectivity index (χ4v) is 1.59. The lowest BCUT2D eigenvalue weighted by molar-refractivity contribution is 1.10. The molecule has 0 atom stereocenters. The molecule has 0 aromatic carbocycles. The van der Waals surface area contributed by atoms with Crippen molar-refractivity contribution in [3.8, 4) is 11.3 Å². The van der Waals surface area contributed by atoms with Gasteiger partial charge in [0.1, 0.15) is 11.5 Å². The highest BCUT2D eigenvalue weighted by molar-refractivity contribution is 6.29. The van der Waals surface area contributed by atoms with Crippen LogP contribution in [-0.4, -0.2) is 24.3 Å². The first kappa shape index (κ1) is 9.23. The Morgan fingerprint density at radius 3 is 2.94 bits per heavy atom. The van der Waals surface area contributed by atoms with Gasteiger partial charge in [-0.25, -0.2) is 19.9 Å². The van der Waals surface area contributed by atoms with Crippen molar-refractivity contribution in [2.24, 2.45) is 0 Å². The molecule has 0 radical (unpaired) electrons. The van der Waals surface area contributed by atoms with Gasteiger partial charge in [-0.1, -0.05) is 11.6 Å². The first-order valence-corrected chi connectivity index (χ1v) is 4.97. The second-order valence-corrected chi connectivity index (χ2v) is 3.59. The normalized spacial score (nSPS) is 10.8. The predicted octanol–water partition coefficient (Wildman–Crippen LogP) is 1.84. The third-order valence-electron chi connectivity index (χ3n) is 2.17. The van der Waals surface area contributed by atoms with E-state index in [1.807, 2.05) is 16.8 Å². The van der Waals surface area contributed by atoms with Gasteiger partial charge in [-0.3, -0.25) is 4.40 Å². The van der Waals surface area contributed by atoms with E-state index >= 15 is 0 Å². The molecule has 6 heteroatoms. The van der Waals surface area contributed by atoms with Crippen LogP contribution in [0.1, 0.15) is 0 Å². The summed E-state index contributed by atoms with van der Waals surface area (Å²) in [4.78, 5) is 16.2. The van der Waals surface area contributed by atoms with Gasteiger partial charge >= 0.3 is 0 Å². The molecule has 0 N–H and O–H groups in total. The molecule has 0 aliphatic heterocycles. The van der Waals surface area contributed by atoms with Gasteiger partial charge in [0.05, 0.1) is 5.69 Å². The summed E-state index contributed by atoms with van der Waals surface area (Å²) < 4.78 is 1.82. The molecule has 0 amide bonds. The highest BCUT2D eigenvalue weighted by atomic mass is 35.5. The maximum atomic E-state index is 5.80. The van der Waals surface area contributed by atoms with Crippen molar-refractivity contribution >= 4 is 17.4 Å². The summed E-state index contributed by atoms with van der Waals surface area (Å²) in [6.45, 7) is 0. The van der Waals surface area contributed by atoms with Crippen LogP contribution in [0.4, 0.5) is 0 Å². The van der Waals surface area contributed by atoms with Crippen molar-refractivity contribution in [2.75, 3.05) is 0 Å². The minimum Gasteiger partial charge on any atom is -0.291 e. The zero-order chi connectivity index (χ0) is 11.0. The quantitative estimate of drug-likeness (QED) is 0.600. The standard InChI is InChI=1S/C10H6ClN5/c11-9-3-8(14-6-15-9)7-4-13-10-12-1-2-16(10)5-7/h1-6H. The Bertz CT molecular complexity index is 648. The zero-order valence-corrected chi connectivity index (χ0v) is 8.83. The number of nitrogens with zero attached hydrogens (tertiary/aromatic N) is 5. The molecular weight excluding hydrogens is 226 g/mol. The third-order valence-corrected chi connectivity index (χ3v) is 2.38. The van der Waals surface area contributed by atoms with E-state index in [-0.39, 0.29) is 0 Å². The van der Waals surface area contributed by atoms with Crippen LogP contribution in [0, 0.1) is 0 Å². The smallest absolute Gasteiger partial charge is 0.233 e. The number of hydrogen-bond acceptors (Lipinski definition) is 4. The predicted molar refractivity (Wildman–Crippen MR) is 59.0 cm³/mol. The molecule has 3 aromatic rings. The number of hydrogen-bond donors (Lipinski definition) is 0. The summed E-state index contributed by atoms with van der Waals surface area (Å²) >= 11 is 5.80. The van der Waals surface area contributed by atoms with Gasteiger partial charge in [0.2, 0.25) is 5.78 Å². The first-order chi connectivity index (χ1) is 7.83. The molecule has 0 saturated heterocycles. The number of halogens is 1. The van der Waals surface area contributed by atoms with Gasteiger partial charge in [0, 0.05) is 36.4 Å². The second kappa shape index (κ2) is 3.53. The van der Waals surface area contributed by atoms with E-state index in [2.05, 4.69) is 19.9 Å². The number of rotatable bonds is 1. The molecule has 3 rings (SSSR count). The third kappa shape index (κ3) is 1.51. The fraction of sp³-hybridized carbons (Fsp3) is 0. The van der Waals surface area contributed by atoms with Crippen molar-refractivity contribution in [1.29, 1.82) is 0 Å². The average molecular weight is 232 g/mol. The molecule has 16 heavy (non-hydrogen) atoms. The van der Waals surface area contributed by atoms with Crippen LogP contribution < -0.4 is 0 Å². The molecule has 0 aliphatic carbocycles.